The van der Waals surface area contributed by atoms with Gasteiger partial charge in [0.15, 0.2) is 0 Å². The van der Waals surface area contributed by atoms with Gasteiger partial charge < -0.3 is 14.6 Å². The number of amides is 1. The van der Waals surface area contributed by atoms with E-state index in [0.29, 0.717) is 31.1 Å². The minimum Gasteiger partial charge on any atom is -0.481 e. The van der Waals surface area contributed by atoms with Crippen molar-refractivity contribution in [3.8, 4) is 0 Å². The van der Waals surface area contributed by atoms with E-state index in [9.17, 15) is 9.59 Å². The fraction of sp³-hybridized carbons (Fsp3) is 0.600. The molecule has 2 heterocycles. The smallest absolute Gasteiger partial charge is 0.308 e. The van der Waals surface area contributed by atoms with Crippen LogP contribution >= 0.6 is 0 Å². The number of aliphatic carboxylic acids is 1. The molecule has 0 unspecified atom stereocenters. The molecule has 20 heavy (non-hydrogen) atoms. The summed E-state index contributed by atoms with van der Waals surface area (Å²) in [6, 6.07) is 2.22. The first-order valence-electron chi connectivity index (χ1n) is 7.03. The number of carbonyl (C=O) groups is 2. The molecule has 1 aliphatic heterocycles. The Morgan fingerprint density at radius 2 is 2.00 bits per heavy atom. The number of carbonyl (C=O) groups excluding carboxylic acids is 1. The van der Waals surface area contributed by atoms with Crippen LogP contribution in [-0.4, -0.2) is 39.5 Å². The minimum atomic E-state index is -0.812. The Morgan fingerprint density at radius 1 is 1.35 bits per heavy atom. The Morgan fingerprint density at radius 3 is 2.45 bits per heavy atom. The monoisotopic (exact) mass is 278 g/mol. The Labute approximate surface area is 119 Å². The molecule has 0 bridgehead atoms. The van der Waals surface area contributed by atoms with Crippen LogP contribution in [0, 0.1) is 19.8 Å². The number of carboxylic acids is 1. The van der Waals surface area contributed by atoms with Crippen LogP contribution < -0.4 is 0 Å². The van der Waals surface area contributed by atoms with Crippen LogP contribution in [0.5, 0.6) is 0 Å². The Hall–Kier alpha value is -1.78. The zero-order valence-corrected chi connectivity index (χ0v) is 12.5. The van der Waals surface area contributed by atoms with E-state index in [0.717, 1.165) is 11.4 Å². The molecule has 0 saturated carbocycles. The van der Waals surface area contributed by atoms with E-state index >= 15 is 0 Å². The van der Waals surface area contributed by atoms with Crippen molar-refractivity contribution in [2.75, 3.05) is 13.1 Å². The second-order valence-electron chi connectivity index (χ2n) is 5.82. The van der Waals surface area contributed by atoms with Gasteiger partial charge in [-0.1, -0.05) is 0 Å². The highest BCUT2D eigenvalue weighted by atomic mass is 16.4. The summed E-state index contributed by atoms with van der Waals surface area (Å²) < 4.78 is 2.14. The Bertz CT molecular complexity index is 546. The van der Waals surface area contributed by atoms with Crippen molar-refractivity contribution in [2.24, 2.45) is 5.92 Å². The Balaban J connectivity index is 2.23. The molecule has 1 N–H and O–H groups in total. The van der Waals surface area contributed by atoms with Crippen LogP contribution in [0.4, 0.5) is 0 Å². The lowest BCUT2D eigenvalue weighted by atomic mass is 10.1. The summed E-state index contributed by atoms with van der Waals surface area (Å²) >= 11 is 0. The predicted octanol–water partition coefficient (Wildman–Crippen LogP) is 2.23. The van der Waals surface area contributed by atoms with E-state index < -0.39 is 11.9 Å². The third-order valence-corrected chi connectivity index (χ3v) is 4.06. The number of rotatable bonds is 3. The summed E-state index contributed by atoms with van der Waals surface area (Å²) in [7, 11) is 0. The number of nitrogens with zero attached hydrogens (tertiary/aromatic N) is 2. The molecule has 2 rings (SSSR count). The maximum absolute atomic E-state index is 12.5. The van der Waals surface area contributed by atoms with Gasteiger partial charge in [-0.2, -0.15) is 0 Å². The number of likely N-dealkylation sites (tertiary alicyclic amines) is 1. The van der Waals surface area contributed by atoms with Gasteiger partial charge in [-0.3, -0.25) is 9.59 Å². The van der Waals surface area contributed by atoms with Gasteiger partial charge in [0.25, 0.3) is 5.91 Å². The fourth-order valence-corrected chi connectivity index (χ4v) is 3.10. The number of hydrogen-bond donors (Lipinski definition) is 1. The van der Waals surface area contributed by atoms with Crippen molar-refractivity contribution in [1.29, 1.82) is 0 Å². The maximum atomic E-state index is 12.5. The van der Waals surface area contributed by atoms with Gasteiger partial charge in [0, 0.05) is 30.5 Å². The molecule has 1 aliphatic rings. The standard InChI is InChI=1S/C15H22N2O3/c1-9(2)17-10(3)7-13(11(17)4)14(18)16-6-5-12(8-16)15(19)20/h7,9,12H,5-6,8H2,1-4H3,(H,19,20)/t12-/m1/s1. The van der Waals surface area contributed by atoms with Crippen molar-refractivity contribution >= 4 is 11.9 Å². The quantitative estimate of drug-likeness (QED) is 0.922. The maximum Gasteiger partial charge on any atom is 0.308 e. The van der Waals surface area contributed by atoms with Crippen LogP contribution in [0.25, 0.3) is 0 Å². The Kier molecular flexibility index (Phi) is 3.88. The average molecular weight is 278 g/mol. The first-order valence-corrected chi connectivity index (χ1v) is 7.03. The first-order chi connectivity index (χ1) is 9.32. The summed E-state index contributed by atoms with van der Waals surface area (Å²) in [5, 5.41) is 9.02. The van der Waals surface area contributed by atoms with Gasteiger partial charge in [0.05, 0.1) is 11.5 Å². The predicted molar refractivity (Wildman–Crippen MR) is 75.9 cm³/mol. The van der Waals surface area contributed by atoms with Crippen molar-refractivity contribution in [3.63, 3.8) is 0 Å². The van der Waals surface area contributed by atoms with E-state index in [4.69, 9.17) is 5.11 Å². The van der Waals surface area contributed by atoms with Gasteiger partial charge in [-0.25, -0.2) is 0 Å². The highest BCUT2D eigenvalue weighted by molar-refractivity contribution is 5.96. The lowest BCUT2D eigenvalue weighted by Crippen LogP contribution is -2.30. The van der Waals surface area contributed by atoms with Gasteiger partial charge in [-0.15, -0.1) is 0 Å². The van der Waals surface area contributed by atoms with Crippen LogP contribution in [0.15, 0.2) is 6.07 Å². The molecule has 1 atom stereocenters. The average Bonchev–Trinajstić information content (AvgIpc) is 2.93. The molecule has 0 spiro atoms. The van der Waals surface area contributed by atoms with Crippen LogP contribution in [0.1, 0.15) is 48.1 Å². The summed E-state index contributed by atoms with van der Waals surface area (Å²) in [4.78, 5) is 25.2. The highest BCUT2D eigenvalue weighted by Gasteiger charge is 2.32. The number of aryl methyl sites for hydroxylation is 1. The topological polar surface area (TPSA) is 62.5 Å². The fourth-order valence-electron chi connectivity index (χ4n) is 3.10. The van der Waals surface area contributed by atoms with E-state index in [2.05, 4.69) is 18.4 Å². The molecule has 0 aliphatic carbocycles. The summed E-state index contributed by atoms with van der Waals surface area (Å²) in [6.07, 6.45) is 0.546. The third-order valence-electron chi connectivity index (χ3n) is 4.06. The number of hydrogen-bond acceptors (Lipinski definition) is 2. The molecule has 1 fully saturated rings. The van der Waals surface area contributed by atoms with Gasteiger partial charge in [0.2, 0.25) is 0 Å². The van der Waals surface area contributed by atoms with Gasteiger partial charge in [-0.05, 0) is 40.2 Å². The molecule has 110 valence electrons. The lowest BCUT2D eigenvalue weighted by Gasteiger charge is -2.17. The van der Waals surface area contributed by atoms with Crippen molar-refractivity contribution in [1.82, 2.24) is 9.47 Å². The van der Waals surface area contributed by atoms with Crippen LogP contribution in [0.3, 0.4) is 0 Å². The van der Waals surface area contributed by atoms with Crippen molar-refractivity contribution in [3.05, 3.63) is 23.0 Å². The molecular formula is C15H22N2O3. The van der Waals surface area contributed by atoms with E-state index in [1.54, 1.807) is 4.90 Å². The molecule has 1 aromatic rings. The SMILES string of the molecule is Cc1cc(C(=O)N2CC[C@@H](C(=O)O)C2)c(C)n1C(C)C. The highest BCUT2D eigenvalue weighted by Crippen LogP contribution is 2.24. The molecule has 1 aromatic heterocycles. The molecule has 5 nitrogen and oxygen atoms in total. The summed E-state index contributed by atoms with van der Waals surface area (Å²) in [6.45, 7) is 8.97. The van der Waals surface area contributed by atoms with Crippen molar-refractivity contribution < 1.29 is 14.7 Å². The molecule has 1 amide bonds. The second kappa shape index (κ2) is 5.31. The zero-order valence-electron chi connectivity index (χ0n) is 12.5. The molecule has 1 saturated heterocycles. The molecule has 0 aromatic carbocycles. The largest absolute Gasteiger partial charge is 0.481 e. The summed E-state index contributed by atoms with van der Waals surface area (Å²) in [5.41, 5.74) is 2.72. The van der Waals surface area contributed by atoms with Gasteiger partial charge >= 0.3 is 5.97 Å². The zero-order chi connectivity index (χ0) is 15.0. The van der Waals surface area contributed by atoms with E-state index in [1.807, 2.05) is 19.9 Å². The summed E-state index contributed by atoms with van der Waals surface area (Å²) in [5.74, 6) is -1.28. The van der Waals surface area contributed by atoms with Crippen LogP contribution in [0.2, 0.25) is 0 Å². The second-order valence-corrected chi connectivity index (χ2v) is 5.82. The first kappa shape index (κ1) is 14.6. The van der Waals surface area contributed by atoms with E-state index in [-0.39, 0.29) is 5.91 Å². The van der Waals surface area contributed by atoms with Crippen LogP contribution in [-0.2, 0) is 4.79 Å². The lowest BCUT2D eigenvalue weighted by molar-refractivity contribution is -0.141. The van der Waals surface area contributed by atoms with E-state index in [1.165, 1.54) is 0 Å². The molecular weight excluding hydrogens is 256 g/mol. The minimum absolute atomic E-state index is 0.0475. The number of aromatic nitrogens is 1. The molecule has 0 radical (unpaired) electrons. The van der Waals surface area contributed by atoms with Crippen molar-refractivity contribution in [2.45, 2.75) is 40.2 Å². The van der Waals surface area contributed by atoms with Gasteiger partial charge in [0.1, 0.15) is 0 Å². The molecule has 5 heteroatoms. The number of carboxylic acid groups (broad SMARTS) is 1. The normalized spacial score (nSPS) is 18.9. The third kappa shape index (κ3) is 2.44.